The molecule has 7 nitrogen and oxygen atoms in total. The van der Waals surface area contributed by atoms with E-state index in [1.165, 1.54) is 24.8 Å². The molecule has 3 aromatic rings. The zero-order valence-electron chi connectivity index (χ0n) is 12.5. The van der Waals surface area contributed by atoms with Gasteiger partial charge in [0.25, 0.3) is 11.8 Å². The number of amides is 2. The predicted octanol–water partition coefficient (Wildman–Crippen LogP) is 2.38. The highest BCUT2D eigenvalue weighted by Crippen LogP contribution is 2.12. The Kier molecular flexibility index (Phi) is 4.52. The molecule has 0 atom stereocenters. The molecular weight excluding hydrogens is 306 g/mol. The van der Waals surface area contributed by atoms with Crippen LogP contribution in [0.15, 0.2) is 67.3 Å². The molecule has 0 unspecified atom stereocenters. The molecule has 0 radical (unpaired) electrons. The summed E-state index contributed by atoms with van der Waals surface area (Å²) in [5, 5.41) is 5.34. The topological polar surface area (TPSA) is 96.9 Å². The summed E-state index contributed by atoms with van der Waals surface area (Å²) < 4.78 is 0. The number of carbonyl (C=O) groups excluding carboxylic acids is 2. The fourth-order valence-electron chi connectivity index (χ4n) is 1.93. The summed E-state index contributed by atoms with van der Waals surface area (Å²) in [4.78, 5) is 35.8. The second-order valence-corrected chi connectivity index (χ2v) is 4.80. The van der Waals surface area contributed by atoms with Crippen LogP contribution in [0, 0.1) is 0 Å². The van der Waals surface area contributed by atoms with Crippen LogP contribution < -0.4 is 10.6 Å². The van der Waals surface area contributed by atoms with Gasteiger partial charge >= 0.3 is 0 Å². The van der Waals surface area contributed by atoms with E-state index in [9.17, 15) is 9.59 Å². The SMILES string of the molecule is O=C(Nc1ccc(NC(=O)c2cnccn2)cn1)c1ccccc1. The molecule has 0 fully saturated rings. The Hall–Kier alpha value is -3.61. The molecule has 0 aliphatic rings. The Morgan fingerprint density at radius 2 is 1.62 bits per heavy atom. The van der Waals surface area contributed by atoms with Crippen molar-refractivity contribution < 1.29 is 9.59 Å². The molecule has 0 bridgehead atoms. The van der Waals surface area contributed by atoms with Crippen LogP contribution in [0.1, 0.15) is 20.8 Å². The molecule has 0 saturated carbocycles. The number of hydrogen-bond acceptors (Lipinski definition) is 5. The molecule has 0 aliphatic heterocycles. The molecule has 118 valence electrons. The number of nitrogens with one attached hydrogen (secondary N) is 2. The molecule has 24 heavy (non-hydrogen) atoms. The highest BCUT2D eigenvalue weighted by atomic mass is 16.2. The summed E-state index contributed by atoms with van der Waals surface area (Å²) in [5.74, 6) is -0.244. The van der Waals surface area contributed by atoms with Gasteiger partial charge in [0, 0.05) is 18.0 Å². The van der Waals surface area contributed by atoms with Crippen LogP contribution in [0.2, 0.25) is 0 Å². The van der Waals surface area contributed by atoms with E-state index in [1.807, 2.05) is 6.07 Å². The largest absolute Gasteiger partial charge is 0.319 e. The van der Waals surface area contributed by atoms with Gasteiger partial charge in [-0.3, -0.25) is 14.6 Å². The molecule has 2 aromatic heterocycles. The second-order valence-electron chi connectivity index (χ2n) is 4.80. The van der Waals surface area contributed by atoms with Crippen molar-refractivity contribution in [1.29, 1.82) is 0 Å². The van der Waals surface area contributed by atoms with Crippen molar-refractivity contribution in [3.63, 3.8) is 0 Å². The van der Waals surface area contributed by atoms with E-state index < -0.39 is 0 Å². The minimum atomic E-state index is -0.383. The first-order valence-electron chi connectivity index (χ1n) is 7.12. The van der Waals surface area contributed by atoms with Crippen molar-refractivity contribution >= 4 is 23.3 Å². The first-order chi connectivity index (χ1) is 11.7. The average molecular weight is 319 g/mol. The van der Waals surface area contributed by atoms with Crippen LogP contribution >= 0.6 is 0 Å². The lowest BCUT2D eigenvalue weighted by atomic mass is 10.2. The summed E-state index contributed by atoms with van der Waals surface area (Å²) in [6.45, 7) is 0. The van der Waals surface area contributed by atoms with Gasteiger partial charge in [0.2, 0.25) is 0 Å². The van der Waals surface area contributed by atoms with Gasteiger partial charge in [0.1, 0.15) is 11.5 Å². The summed E-state index contributed by atoms with van der Waals surface area (Å²) in [6, 6.07) is 12.1. The standard InChI is InChI=1S/C17H13N5O2/c23-16(12-4-2-1-3-5-12)22-15-7-6-13(10-20-15)21-17(24)14-11-18-8-9-19-14/h1-11H,(H,21,24)(H,20,22,23). The molecular formula is C17H13N5O2. The van der Waals surface area contributed by atoms with Crippen molar-refractivity contribution in [2.24, 2.45) is 0 Å². The number of hydrogen-bond donors (Lipinski definition) is 2. The average Bonchev–Trinajstić information content (AvgIpc) is 2.65. The first-order valence-corrected chi connectivity index (χ1v) is 7.12. The Bertz CT molecular complexity index is 763. The smallest absolute Gasteiger partial charge is 0.275 e. The highest BCUT2D eigenvalue weighted by Gasteiger charge is 2.09. The molecule has 1 aromatic carbocycles. The van der Waals surface area contributed by atoms with E-state index in [0.717, 1.165) is 0 Å². The molecule has 0 spiro atoms. The number of carbonyl (C=O) groups is 2. The quantitative estimate of drug-likeness (QED) is 0.769. The monoisotopic (exact) mass is 319 g/mol. The Morgan fingerprint density at radius 3 is 2.29 bits per heavy atom. The second kappa shape index (κ2) is 7.10. The molecule has 3 rings (SSSR count). The zero-order valence-corrected chi connectivity index (χ0v) is 12.5. The number of anilines is 2. The summed E-state index contributed by atoms with van der Waals surface area (Å²) in [7, 11) is 0. The highest BCUT2D eigenvalue weighted by molar-refractivity contribution is 6.04. The number of rotatable bonds is 4. The third-order valence-electron chi connectivity index (χ3n) is 3.09. The van der Waals surface area contributed by atoms with Crippen LogP contribution in [0.3, 0.4) is 0 Å². The Labute approximate surface area is 137 Å². The normalized spacial score (nSPS) is 10.0. The first kappa shape index (κ1) is 15.3. The molecule has 2 amide bonds. The van der Waals surface area contributed by atoms with Gasteiger partial charge in [-0.05, 0) is 24.3 Å². The number of aromatic nitrogens is 3. The third-order valence-corrected chi connectivity index (χ3v) is 3.09. The zero-order chi connectivity index (χ0) is 16.8. The Balaban J connectivity index is 1.63. The minimum absolute atomic E-state index is 0.207. The fourth-order valence-corrected chi connectivity index (χ4v) is 1.93. The van der Waals surface area contributed by atoms with Crippen LogP contribution in [0.25, 0.3) is 0 Å². The van der Waals surface area contributed by atoms with Gasteiger partial charge in [-0.2, -0.15) is 0 Å². The van der Waals surface area contributed by atoms with E-state index >= 15 is 0 Å². The van der Waals surface area contributed by atoms with Gasteiger partial charge in [0.15, 0.2) is 0 Å². The van der Waals surface area contributed by atoms with Crippen LogP contribution in [0.4, 0.5) is 11.5 Å². The lowest BCUT2D eigenvalue weighted by Crippen LogP contribution is -2.15. The van der Waals surface area contributed by atoms with Crippen molar-refractivity contribution in [3.05, 3.63) is 78.5 Å². The maximum absolute atomic E-state index is 12.0. The van der Waals surface area contributed by atoms with E-state index in [0.29, 0.717) is 17.1 Å². The summed E-state index contributed by atoms with van der Waals surface area (Å²) in [5.41, 5.74) is 1.24. The maximum atomic E-state index is 12.0. The molecule has 0 saturated heterocycles. The summed E-state index contributed by atoms with van der Waals surface area (Å²) >= 11 is 0. The minimum Gasteiger partial charge on any atom is -0.319 e. The van der Waals surface area contributed by atoms with E-state index in [2.05, 4.69) is 25.6 Å². The number of nitrogens with zero attached hydrogens (tertiary/aromatic N) is 3. The summed E-state index contributed by atoms with van der Waals surface area (Å²) in [6.07, 6.45) is 5.75. The Morgan fingerprint density at radius 1 is 0.792 bits per heavy atom. The van der Waals surface area contributed by atoms with Crippen molar-refractivity contribution in [2.75, 3.05) is 10.6 Å². The van der Waals surface area contributed by atoms with E-state index in [4.69, 9.17) is 0 Å². The van der Waals surface area contributed by atoms with E-state index in [-0.39, 0.29) is 17.5 Å². The molecule has 0 aliphatic carbocycles. The van der Waals surface area contributed by atoms with Gasteiger partial charge in [-0.1, -0.05) is 18.2 Å². The number of benzene rings is 1. The lowest BCUT2D eigenvalue weighted by molar-refractivity contribution is 0.101. The van der Waals surface area contributed by atoms with Crippen LogP contribution in [-0.2, 0) is 0 Å². The van der Waals surface area contributed by atoms with Crippen molar-refractivity contribution in [2.45, 2.75) is 0 Å². The molecule has 7 heteroatoms. The van der Waals surface area contributed by atoms with E-state index in [1.54, 1.807) is 36.4 Å². The van der Waals surface area contributed by atoms with Crippen molar-refractivity contribution in [1.82, 2.24) is 15.0 Å². The van der Waals surface area contributed by atoms with Crippen LogP contribution in [0.5, 0.6) is 0 Å². The van der Waals surface area contributed by atoms with Gasteiger partial charge in [0.05, 0.1) is 18.1 Å². The fraction of sp³-hybridized carbons (Fsp3) is 0. The van der Waals surface area contributed by atoms with Crippen LogP contribution in [-0.4, -0.2) is 26.8 Å². The lowest BCUT2D eigenvalue weighted by Gasteiger charge is -2.07. The molecule has 2 N–H and O–H groups in total. The van der Waals surface area contributed by atoms with Gasteiger partial charge in [-0.15, -0.1) is 0 Å². The number of pyridine rings is 1. The van der Waals surface area contributed by atoms with Gasteiger partial charge in [-0.25, -0.2) is 9.97 Å². The van der Waals surface area contributed by atoms with Crippen molar-refractivity contribution in [3.8, 4) is 0 Å². The maximum Gasteiger partial charge on any atom is 0.275 e. The predicted molar refractivity (Wildman–Crippen MR) is 88.6 cm³/mol. The van der Waals surface area contributed by atoms with Gasteiger partial charge < -0.3 is 10.6 Å². The molecule has 2 heterocycles. The third kappa shape index (κ3) is 3.77.